The van der Waals surface area contributed by atoms with Crippen molar-refractivity contribution >= 4 is 12.1 Å². The SMILES string of the molecule is COc1cc(OC)c(C=NNC(=O)c2cc(C(C)(C)C)[nH]n2)c(OC)c1. The number of hydrogen-bond donors (Lipinski definition) is 2. The molecule has 0 unspecified atom stereocenters. The summed E-state index contributed by atoms with van der Waals surface area (Å²) >= 11 is 0. The van der Waals surface area contributed by atoms with Crippen molar-refractivity contribution in [1.82, 2.24) is 15.6 Å². The normalized spacial score (nSPS) is 11.5. The summed E-state index contributed by atoms with van der Waals surface area (Å²) in [5, 5.41) is 10.9. The van der Waals surface area contributed by atoms with Gasteiger partial charge >= 0.3 is 0 Å². The van der Waals surface area contributed by atoms with Crippen molar-refractivity contribution in [3.63, 3.8) is 0 Å². The van der Waals surface area contributed by atoms with E-state index in [4.69, 9.17) is 14.2 Å². The molecule has 0 aliphatic rings. The molecule has 2 aromatic rings. The molecule has 1 aromatic heterocycles. The van der Waals surface area contributed by atoms with Gasteiger partial charge in [-0.05, 0) is 6.07 Å². The lowest BCUT2D eigenvalue weighted by Crippen LogP contribution is -2.18. The van der Waals surface area contributed by atoms with E-state index in [0.29, 0.717) is 22.8 Å². The maximum absolute atomic E-state index is 12.2. The standard InChI is InChI=1S/C18H24N4O4/c1-18(2,3)16-9-13(20-21-16)17(23)22-19-10-12-14(25-5)7-11(24-4)8-15(12)26-6/h7-10H,1-6H3,(H,20,21)(H,22,23). The number of nitrogens with one attached hydrogen (secondary N) is 2. The van der Waals surface area contributed by atoms with Gasteiger partial charge in [0.2, 0.25) is 0 Å². The minimum Gasteiger partial charge on any atom is -0.496 e. The number of aromatic nitrogens is 2. The van der Waals surface area contributed by atoms with Crippen LogP contribution in [0.4, 0.5) is 0 Å². The van der Waals surface area contributed by atoms with Gasteiger partial charge in [0.05, 0.1) is 33.1 Å². The van der Waals surface area contributed by atoms with Crippen LogP contribution in [0.1, 0.15) is 42.5 Å². The Morgan fingerprint density at radius 2 is 1.73 bits per heavy atom. The van der Waals surface area contributed by atoms with E-state index in [2.05, 4.69) is 20.7 Å². The second-order valence-corrected chi connectivity index (χ2v) is 6.56. The number of carbonyl (C=O) groups excluding carboxylic acids is 1. The number of hydrazone groups is 1. The molecule has 2 N–H and O–H groups in total. The Labute approximate surface area is 152 Å². The number of aromatic amines is 1. The van der Waals surface area contributed by atoms with Crippen LogP contribution < -0.4 is 19.6 Å². The molecule has 1 amide bonds. The molecule has 2 rings (SSSR count). The van der Waals surface area contributed by atoms with Crippen LogP contribution in [0, 0.1) is 0 Å². The molecule has 0 aliphatic heterocycles. The van der Waals surface area contributed by atoms with Crippen molar-refractivity contribution < 1.29 is 19.0 Å². The molecule has 1 aromatic carbocycles. The predicted molar refractivity (Wildman–Crippen MR) is 98.4 cm³/mol. The lowest BCUT2D eigenvalue weighted by Gasteiger charge is -2.14. The third-order valence-electron chi connectivity index (χ3n) is 3.73. The molecule has 0 saturated carbocycles. The van der Waals surface area contributed by atoms with E-state index in [0.717, 1.165) is 5.69 Å². The van der Waals surface area contributed by atoms with Crippen LogP contribution in [-0.2, 0) is 5.41 Å². The van der Waals surface area contributed by atoms with Crippen molar-refractivity contribution in [2.75, 3.05) is 21.3 Å². The number of ether oxygens (including phenoxy) is 3. The van der Waals surface area contributed by atoms with Gasteiger partial charge in [-0.2, -0.15) is 10.2 Å². The molecule has 0 aliphatic carbocycles. The molecular formula is C18H24N4O4. The fraction of sp³-hybridized carbons (Fsp3) is 0.389. The van der Waals surface area contributed by atoms with Crippen molar-refractivity contribution in [3.8, 4) is 17.2 Å². The van der Waals surface area contributed by atoms with E-state index in [9.17, 15) is 4.79 Å². The third kappa shape index (κ3) is 4.33. The van der Waals surface area contributed by atoms with Crippen LogP contribution in [0.15, 0.2) is 23.3 Å². The van der Waals surface area contributed by atoms with Crippen molar-refractivity contribution in [2.45, 2.75) is 26.2 Å². The molecular weight excluding hydrogens is 336 g/mol. The Morgan fingerprint density at radius 3 is 2.19 bits per heavy atom. The highest BCUT2D eigenvalue weighted by Crippen LogP contribution is 2.32. The first-order valence-electron chi connectivity index (χ1n) is 7.99. The molecule has 26 heavy (non-hydrogen) atoms. The van der Waals surface area contributed by atoms with Gasteiger partial charge in [-0.1, -0.05) is 20.8 Å². The zero-order valence-electron chi connectivity index (χ0n) is 15.8. The van der Waals surface area contributed by atoms with Crippen LogP contribution in [-0.4, -0.2) is 43.6 Å². The lowest BCUT2D eigenvalue weighted by molar-refractivity contribution is 0.0950. The zero-order valence-corrected chi connectivity index (χ0v) is 15.8. The first-order valence-corrected chi connectivity index (χ1v) is 7.99. The zero-order chi connectivity index (χ0) is 19.3. The summed E-state index contributed by atoms with van der Waals surface area (Å²) < 4.78 is 15.9. The van der Waals surface area contributed by atoms with Gasteiger partial charge in [0, 0.05) is 23.2 Å². The van der Waals surface area contributed by atoms with Crippen molar-refractivity contribution in [2.24, 2.45) is 5.10 Å². The number of methoxy groups -OCH3 is 3. The third-order valence-corrected chi connectivity index (χ3v) is 3.73. The minimum atomic E-state index is -0.417. The molecule has 0 spiro atoms. The van der Waals surface area contributed by atoms with Crippen LogP contribution in [0.2, 0.25) is 0 Å². The Morgan fingerprint density at radius 1 is 1.12 bits per heavy atom. The van der Waals surface area contributed by atoms with Crippen LogP contribution in [0.25, 0.3) is 0 Å². The number of carbonyl (C=O) groups is 1. The van der Waals surface area contributed by atoms with Gasteiger partial charge in [-0.25, -0.2) is 5.43 Å². The molecule has 8 nitrogen and oxygen atoms in total. The Hall–Kier alpha value is -3.03. The Bertz CT molecular complexity index is 781. The number of nitrogens with zero attached hydrogens (tertiary/aromatic N) is 2. The highest BCUT2D eigenvalue weighted by atomic mass is 16.5. The highest BCUT2D eigenvalue weighted by molar-refractivity contribution is 5.94. The summed E-state index contributed by atoms with van der Waals surface area (Å²) in [7, 11) is 4.61. The molecule has 0 radical (unpaired) electrons. The number of hydrogen-bond acceptors (Lipinski definition) is 6. The summed E-state index contributed by atoms with van der Waals surface area (Å²) in [5.74, 6) is 1.19. The van der Waals surface area contributed by atoms with Gasteiger partial charge in [0.15, 0.2) is 5.69 Å². The van der Waals surface area contributed by atoms with Gasteiger partial charge in [0.1, 0.15) is 17.2 Å². The van der Waals surface area contributed by atoms with Gasteiger partial charge in [0.25, 0.3) is 5.91 Å². The lowest BCUT2D eigenvalue weighted by atomic mass is 9.92. The Kier molecular flexibility index (Phi) is 5.86. The highest BCUT2D eigenvalue weighted by Gasteiger charge is 2.19. The Balaban J connectivity index is 2.17. The summed E-state index contributed by atoms with van der Waals surface area (Å²) in [6.45, 7) is 6.09. The largest absolute Gasteiger partial charge is 0.496 e. The van der Waals surface area contributed by atoms with Crippen molar-refractivity contribution in [1.29, 1.82) is 0 Å². The smallest absolute Gasteiger partial charge is 0.291 e. The second-order valence-electron chi connectivity index (χ2n) is 6.56. The van der Waals surface area contributed by atoms with Gasteiger partial charge in [-0.15, -0.1) is 0 Å². The maximum Gasteiger partial charge on any atom is 0.291 e. The molecule has 0 saturated heterocycles. The number of benzene rings is 1. The first-order chi connectivity index (χ1) is 12.3. The number of rotatable bonds is 6. The molecule has 140 valence electrons. The topological polar surface area (TPSA) is 97.8 Å². The van der Waals surface area contributed by atoms with Gasteiger partial charge < -0.3 is 14.2 Å². The predicted octanol–water partition coefficient (Wildman–Crippen LogP) is 2.50. The first kappa shape index (κ1) is 19.3. The van der Waals surface area contributed by atoms with E-state index >= 15 is 0 Å². The van der Waals surface area contributed by atoms with Crippen LogP contribution in [0.5, 0.6) is 17.2 Å². The quantitative estimate of drug-likeness (QED) is 0.609. The minimum absolute atomic E-state index is 0.126. The molecule has 0 fully saturated rings. The van der Waals surface area contributed by atoms with E-state index in [1.807, 2.05) is 20.8 Å². The van der Waals surface area contributed by atoms with E-state index < -0.39 is 5.91 Å². The number of H-pyrrole nitrogens is 1. The van der Waals surface area contributed by atoms with Gasteiger partial charge in [-0.3, -0.25) is 9.89 Å². The molecule has 0 bridgehead atoms. The molecule has 1 heterocycles. The van der Waals surface area contributed by atoms with E-state index in [-0.39, 0.29) is 11.1 Å². The molecule has 0 atom stereocenters. The van der Waals surface area contributed by atoms with E-state index in [1.165, 1.54) is 20.4 Å². The molecule has 8 heteroatoms. The monoisotopic (exact) mass is 360 g/mol. The van der Waals surface area contributed by atoms with Crippen LogP contribution >= 0.6 is 0 Å². The maximum atomic E-state index is 12.2. The summed E-state index contributed by atoms with van der Waals surface area (Å²) in [6.07, 6.45) is 1.45. The fourth-order valence-corrected chi connectivity index (χ4v) is 2.19. The van der Waals surface area contributed by atoms with E-state index in [1.54, 1.807) is 25.3 Å². The number of amides is 1. The summed E-state index contributed by atoms with van der Waals surface area (Å²) in [5.41, 5.74) is 4.03. The summed E-state index contributed by atoms with van der Waals surface area (Å²) in [4.78, 5) is 12.2. The van der Waals surface area contributed by atoms with Crippen LogP contribution in [0.3, 0.4) is 0 Å². The van der Waals surface area contributed by atoms with Crippen molar-refractivity contribution in [3.05, 3.63) is 35.2 Å². The average Bonchev–Trinajstić information content (AvgIpc) is 3.12. The second kappa shape index (κ2) is 7.90. The average molecular weight is 360 g/mol. The summed E-state index contributed by atoms with van der Waals surface area (Å²) in [6, 6.07) is 5.11. The fourth-order valence-electron chi connectivity index (χ4n) is 2.19.